The van der Waals surface area contributed by atoms with Gasteiger partial charge >= 0.3 is 0 Å². The first-order chi connectivity index (χ1) is 7.20. The maximum Gasteiger partial charge on any atom is 0.105 e. The van der Waals surface area contributed by atoms with Gasteiger partial charge < -0.3 is 20.5 Å². The first-order valence-corrected chi connectivity index (χ1v) is 5.45. The second-order valence-electron chi connectivity index (χ2n) is 3.48. The Morgan fingerprint density at radius 3 is 2.80 bits per heavy atom. The van der Waals surface area contributed by atoms with Crippen molar-refractivity contribution in [1.29, 1.82) is 0 Å². The van der Waals surface area contributed by atoms with Crippen LogP contribution in [0, 0.1) is 0 Å². The normalized spacial score (nSPS) is 14.0. The summed E-state index contributed by atoms with van der Waals surface area (Å²) < 4.78 is 10.4. The van der Waals surface area contributed by atoms with Gasteiger partial charge in [-0.25, -0.2) is 0 Å². The van der Waals surface area contributed by atoms with Gasteiger partial charge in [0.1, 0.15) is 6.61 Å². The van der Waals surface area contributed by atoms with E-state index < -0.39 is 0 Å². The van der Waals surface area contributed by atoms with E-state index in [1.807, 2.05) is 6.92 Å². The minimum Gasteiger partial charge on any atom is -0.497 e. The number of hydrogen-bond acceptors (Lipinski definition) is 4. The fraction of sp³-hybridized carbons (Fsp3) is 0.818. The Balaban J connectivity index is 3.49. The van der Waals surface area contributed by atoms with Crippen LogP contribution in [0.5, 0.6) is 0 Å². The fourth-order valence-corrected chi connectivity index (χ4v) is 1.11. The summed E-state index contributed by atoms with van der Waals surface area (Å²) in [6, 6.07) is -0.0490. The van der Waals surface area contributed by atoms with Crippen molar-refractivity contribution in [3.05, 3.63) is 11.8 Å². The van der Waals surface area contributed by atoms with Crippen molar-refractivity contribution in [2.45, 2.75) is 26.3 Å². The zero-order valence-corrected chi connectivity index (χ0v) is 10.1. The Kier molecular flexibility index (Phi) is 9.57. The van der Waals surface area contributed by atoms with Crippen molar-refractivity contribution in [2.24, 2.45) is 5.73 Å². The molecule has 90 valence electrons. The van der Waals surface area contributed by atoms with Gasteiger partial charge in [-0.3, -0.25) is 0 Å². The van der Waals surface area contributed by atoms with Crippen LogP contribution in [0.2, 0.25) is 0 Å². The number of ether oxygens (including phenoxy) is 2. The monoisotopic (exact) mass is 216 g/mol. The highest BCUT2D eigenvalue weighted by atomic mass is 16.5. The SMILES string of the molecule is CCNCC/C=C(/C)OCC(N)COC. The number of nitrogens with one attached hydrogen (secondary N) is 1. The van der Waals surface area contributed by atoms with Gasteiger partial charge in [0.25, 0.3) is 0 Å². The zero-order chi connectivity index (χ0) is 11.5. The lowest BCUT2D eigenvalue weighted by Gasteiger charge is -2.12. The van der Waals surface area contributed by atoms with E-state index in [1.165, 1.54) is 0 Å². The Morgan fingerprint density at radius 1 is 1.47 bits per heavy atom. The summed E-state index contributed by atoms with van der Waals surface area (Å²) in [6.45, 7) is 7.08. The van der Waals surface area contributed by atoms with E-state index in [0.29, 0.717) is 13.2 Å². The molecule has 0 heterocycles. The van der Waals surface area contributed by atoms with Gasteiger partial charge in [0.2, 0.25) is 0 Å². The van der Waals surface area contributed by atoms with E-state index in [-0.39, 0.29) is 6.04 Å². The molecule has 0 rings (SSSR count). The Labute approximate surface area is 92.8 Å². The number of nitrogens with two attached hydrogens (primary N) is 1. The molecule has 0 aliphatic heterocycles. The maximum atomic E-state index is 5.72. The molecule has 0 radical (unpaired) electrons. The summed E-state index contributed by atoms with van der Waals surface area (Å²) in [7, 11) is 1.64. The smallest absolute Gasteiger partial charge is 0.105 e. The average molecular weight is 216 g/mol. The summed E-state index contributed by atoms with van der Waals surface area (Å²) in [5, 5.41) is 3.24. The number of methoxy groups -OCH3 is 1. The van der Waals surface area contributed by atoms with Gasteiger partial charge in [0.15, 0.2) is 0 Å². The van der Waals surface area contributed by atoms with Crippen molar-refractivity contribution in [3.8, 4) is 0 Å². The largest absolute Gasteiger partial charge is 0.497 e. The molecule has 0 saturated heterocycles. The van der Waals surface area contributed by atoms with E-state index in [1.54, 1.807) is 7.11 Å². The van der Waals surface area contributed by atoms with Crippen molar-refractivity contribution in [1.82, 2.24) is 5.32 Å². The third kappa shape index (κ3) is 9.72. The minimum absolute atomic E-state index is 0.0490. The van der Waals surface area contributed by atoms with Crippen LogP contribution in [0.4, 0.5) is 0 Å². The van der Waals surface area contributed by atoms with Gasteiger partial charge in [0, 0.05) is 7.11 Å². The Morgan fingerprint density at radius 2 is 2.20 bits per heavy atom. The molecule has 4 nitrogen and oxygen atoms in total. The van der Waals surface area contributed by atoms with E-state index in [4.69, 9.17) is 15.2 Å². The second kappa shape index (κ2) is 9.96. The number of rotatable bonds is 9. The van der Waals surface area contributed by atoms with Crippen LogP contribution in [-0.4, -0.2) is 39.5 Å². The summed E-state index contributed by atoms with van der Waals surface area (Å²) in [6.07, 6.45) is 3.06. The third-order valence-corrected chi connectivity index (χ3v) is 1.91. The van der Waals surface area contributed by atoms with E-state index in [0.717, 1.165) is 25.3 Å². The van der Waals surface area contributed by atoms with Crippen LogP contribution >= 0.6 is 0 Å². The molecule has 0 aromatic heterocycles. The molecule has 0 saturated carbocycles. The molecule has 3 N–H and O–H groups in total. The molecule has 4 heteroatoms. The van der Waals surface area contributed by atoms with Crippen molar-refractivity contribution < 1.29 is 9.47 Å². The van der Waals surface area contributed by atoms with Crippen LogP contribution in [0.25, 0.3) is 0 Å². The highest BCUT2D eigenvalue weighted by Gasteiger charge is 2.01. The topological polar surface area (TPSA) is 56.5 Å². The van der Waals surface area contributed by atoms with Crippen LogP contribution in [0.1, 0.15) is 20.3 Å². The van der Waals surface area contributed by atoms with Crippen molar-refractivity contribution in [2.75, 3.05) is 33.4 Å². The van der Waals surface area contributed by atoms with E-state index in [9.17, 15) is 0 Å². The molecule has 1 atom stereocenters. The Hall–Kier alpha value is -0.580. The summed E-state index contributed by atoms with van der Waals surface area (Å²) in [5.74, 6) is 0.930. The second-order valence-corrected chi connectivity index (χ2v) is 3.48. The third-order valence-electron chi connectivity index (χ3n) is 1.91. The number of allylic oxidation sites excluding steroid dienone is 1. The van der Waals surface area contributed by atoms with Crippen molar-refractivity contribution >= 4 is 0 Å². The molecular formula is C11H24N2O2. The predicted molar refractivity (Wildman–Crippen MR) is 62.7 cm³/mol. The molecule has 0 bridgehead atoms. The fourth-order valence-electron chi connectivity index (χ4n) is 1.11. The summed E-state index contributed by atoms with van der Waals surface area (Å²) in [5.41, 5.74) is 5.72. The first-order valence-electron chi connectivity index (χ1n) is 5.45. The quantitative estimate of drug-likeness (QED) is 0.444. The molecule has 0 aliphatic carbocycles. The molecular weight excluding hydrogens is 192 g/mol. The standard InChI is InChI=1S/C11H24N2O2/c1-4-13-7-5-6-10(2)15-9-11(12)8-14-3/h6,11,13H,4-5,7-9,12H2,1-3H3/b10-6-. The average Bonchev–Trinajstić information content (AvgIpc) is 2.22. The predicted octanol–water partition coefficient (Wildman–Crippen LogP) is 0.880. The number of hydrogen-bond donors (Lipinski definition) is 2. The van der Waals surface area contributed by atoms with Crippen molar-refractivity contribution in [3.63, 3.8) is 0 Å². The summed E-state index contributed by atoms with van der Waals surface area (Å²) >= 11 is 0. The van der Waals surface area contributed by atoms with Crippen LogP contribution in [0.15, 0.2) is 11.8 Å². The molecule has 0 aliphatic rings. The molecule has 0 fully saturated rings. The van der Waals surface area contributed by atoms with Gasteiger partial charge in [-0.15, -0.1) is 0 Å². The van der Waals surface area contributed by atoms with E-state index in [2.05, 4.69) is 18.3 Å². The lowest BCUT2D eigenvalue weighted by atomic mass is 10.3. The molecule has 0 aromatic carbocycles. The van der Waals surface area contributed by atoms with Crippen LogP contribution < -0.4 is 11.1 Å². The van der Waals surface area contributed by atoms with Crippen LogP contribution in [-0.2, 0) is 9.47 Å². The molecule has 0 spiro atoms. The maximum absolute atomic E-state index is 5.72. The molecule has 0 amide bonds. The van der Waals surface area contributed by atoms with Gasteiger partial charge in [-0.2, -0.15) is 0 Å². The molecule has 0 aromatic rings. The summed E-state index contributed by atoms with van der Waals surface area (Å²) in [4.78, 5) is 0. The Bertz CT molecular complexity index is 172. The van der Waals surface area contributed by atoms with Crippen LogP contribution in [0.3, 0.4) is 0 Å². The lowest BCUT2D eigenvalue weighted by molar-refractivity contribution is 0.125. The van der Waals surface area contributed by atoms with Gasteiger partial charge in [0.05, 0.1) is 18.4 Å². The highest BCUT2D eigenvalue weighted by Crippen LogP contribution is 1.98. The molecule has 1 unspecified atom stereocenters. The first kappa shape index (κ1) is 14.4. The van der Waals surface area contributed by atoms with Gasteiger partial charge in [-0.1, -0.05) is 6.92 Å². The van der Waals surface area contributed by atoms with E-state index >= 15 is 0 Å². The minimum atomic E-state index is -0.0490. The van der Waals surface area contributed by atoms with Gasteiger partial charge in [-0.05, 0) is 32.5 Å². The zero-order valence-electron chi connectivity index (χ0n) is 10.1. The highest BCUT2D eigenvalue weighted by molar-refractivity contribution is 4.89. The lowest BCUT2D eigenvalue weighted by Crippen LogP contribution is -2.30. The molecule has 15 heavy (non-hydrogen) atoms.